The molecule has 2 unspecified atom stereocenters. The average molecular weight is 350 g/mol. The molecular weight excluding hydrogens is 330 g/mol. The van der Waals surface area contributed by atoms with Crippen LogP contribution in [0.5, 0.6) is 0 Å². The third-order valence-corrected chi connectivity index (χ3v) is 6.32. The lowest BCUT2D eigenvalue weighted by atomic mass is 9.78. The van der Waals surface area contributed by atoms with Crippen LogP contribution in [0.15, 0.2) is 40.2 Å². The van der Waals surface area contributed by atoms with Crippen LogP contribution in [-0.4, -0.2) is 13.1 Å². The van der Waals surface area contributed by atoms with E-state index in [-0.39, 0.29) is 0 Å². The summed E-state index contributed by atoms with van der Waals surface area (Å²) in [6.07, 6.45) is 4.95. The Labute approximate surface area is 133 Å². The largest absolute Gasteiger partial charge is 0.316 e. The summed E-state index contributed by atoms with van der Waals surface area (Å²) in [5, 5.41) is 5.73. The topological polar surface area (TPSA) is 12.0 Å². The molecule has 0 saturated carbocycles. The molecule has 2 atom stereocenters. The second-order valence-electron chi connectivity index (χ2n) is 5.49. The Balaban J connectivity index is 1.85. The van der Waals surface area contributed by atoms with Crippen molar-refractivity contribution in [1.29, 1.82) is 0 Å². The van der Waals surface area contributed by atoms with Crippen LogP contribution >= 0.6 is 27.3 Å². The number of benzene rings is 1. The van der Waals surface area contributed by atoms with Crippen LogP contribution in [0.3, 0.4) is 0 Å². The number of likely N-dealkylation sites (N-methyl/N-ethyl adjacent to an activating group) is 1. The second-order valence-corrected chi connectivity index (χ2v) is 7.34. The van der Waals surface area contributed by atoms with Gasteiger partial charge in [-0.2, -0.15) is 0 Å². The third kappa shape index (κ3) is 2.85. The smallest absolute Gasteiger partial charge is 0.0314 e. The van der Waals surface area contributed by atoms with Crippen LogP contribution < -0.4 is 5.32 Å². The van der Waals surface area contributed by atoms with Gasteiger partial charge in [0.15, 0.2) is 0 Å². The molecule has 20 heavy (non-hydrogen) atoms. The molecule has 0 amide bonds. The summed E-state index contributed by atoms with van der Waals surface area (Å²) in [7, 11) is 2.10. The summed E-state index contributed by atoms with van der Waals surface area (Å²) in [5.74, 6) is 0.638. The van der Waals surface area contributed by atoms with Gasteiger partial charge in [-0.3, -0.25) is 0 Å². The molecule has 0 bridgehead atoms. The number of thiophene rings is 1. The van der Waals surface area contributed by atoms with Crippen molar-refractivity contribution in [2.24, 2.45) is 0 Å². The molecule has 1 aliphatic rings. The van der Waals surface area contributed by atoms with Gasteiger partial charge in [-0.1, -0.05) is 24.3 Å². The molecule has 3 heteroatoms. The Morgan fingerprint density at radius 2 is 2.20 bits per heavy atom. The van der Waals surface area contributed by atoms with Crippen molar-refractivity contribution >= 4 is 27.3 Å². The highest BCUT2D eigenvalue weighted by molar-refractivity contribution is 9.10. The molecule has 0 radical (unpaired) electrons. The Morgan fingerprint density at radius 3 is 2.95 bits per heavy atom. The van der Waals surface area contributed by atoms with Crippen LogP contribution in [0.2, 0.25) is 0 Å². The van der Waals surface area contributed by atoms with E-state index in [1.165, 1.54) is 28.6 Å². The van der Waals surface area contributed by atoms with Crippen LogP contribution in [0.4, 0.5) is 0 Å². The molecule has 3 rings (SSSR count). The summed E-state index contributed by atoms with van der Waals surface area (Å²) in [6.45, 7) is 0. The highest BCUT2D eigenvalue weighted by Gasteiger charge is 2.27. The Kier molecular flexibility index (Phi) is 4.59. The summed E-state index contributed by atoms with van der Waals surface area (Å²) in [4.78, 5) is 1.45. The first-order chi connectivity index (χ1) is 9.79. The van der Waals surface area contributed by atoms with Gasteiger partial charge >= 0.3 is 0 Å². The number of aryl methyl sites for hydroxylation is 1. The molecule has 106 valence electrons. The monoisotopic (exact) mass is 349 g/mol. The van der Waals surface area contributed by atoms with E-state index < -0.39 is 0 Å². The standard InChI is InChI=1S/C17H20BrNS/c1-19-16(11-17-15(18)9-10-20-17)14-8-4-6-12-5-2-3-7-13(12)14/h2-3,5,7,9-10,14,16,19H,4,6,8,11H2,1H3. The van der Waals surface area contributed by atoms with Crippen LogP contribution in [0.25, 0.3) is 0 Å². The minimum atomic E-state index is 0.520. The summed E-state index contributed by atoms with van der Waals surface area (Å²) >= 11 is 5.51. The van der Waals surface area contributed by atoms with Gasteiger partial charge in [0.25, 0.3) is 0 Å². The highest BCUT2D eigenvalue weighted by Crippen LogP contribution is 2.36. The second kappa shape index (κ2) is 6.42. The lowest BCUT2D eigenvalue weighted by molar-refractivity contribution is 0.412. The van der Waals surface area contributed by atoms with E-state index in [1.54, 1.807) is 11.1 Å². The summed E-state index contributed by atoms with van der Waals surface area (Å²) in [6, 6.07) is 11.7. The number of nitrogens with one attached hydrogen (secondary N) is 1. The SMILES string of the molecule is CNC(Cc1sccc1Br)C1CCCc2ccccc21. The molecule has 1 aromatic heterocycles. The summed E-state index contributed by atoms with van der Waals surface area (Å²) in [5.41, 5.74) is 3.11. The van der Waals surface area contributed by atoms with Gasteiger partial charge in [0, 0.05) is 15.4 Å². The van der Waals surface area contributed by atoms with E-state index >= 15 is 0 Å². The van der Waals surface area contributed by atoms with Crippen molar-refractivity contribution in [2.75, 3.05) is 7.05 Å². The molecule has 0 spiro atoms. The maximum atomic E-state index is 3.66. The minimum absolute atomic E-state index is 0.520. The Hall–Kier alpha value is -0.640. The minimum Gasteiger partial charge on any atom is -0.316 e. The Morgan fingerprint density at radius 1 is 1.35 bits per heavy atom. The molecule has 0 saturated heterocycles. The van der Waals surface area contributed by atoms with Gasteiger partial charge < -0.3 is 5.32 Å². The van der Waals surface area contributed by atoms with Gasteiger partial charge in [-0.15, -0.1) is 11.3 Å². The van der Waals surface area contributed by atoms with E-state index in [4.69, 9.17) is 0 Å². The molecule has 0 aliphatic heterocycles. The molecule has 1 heterocycles. The van der Waals surface area contributed by atoms with Gasteiger partial charge in [-0.25, -0.2) is 0 Å². The lowest BCUT2D eigenvalue weighted by Crippen LogP contribution is -2.35. The fraction of sp³-hybridized carbons (Fsp3) is 0.412. The van der Waals surface area contributed by atoms with Gasteiger partial charge in [0.05, 0.1) is 0 Å². The molecule has 1 aromatic carbocycles. The van der Waals surface area contributed by atoms with E-state index in [0.717, 1.165) is 6.42 Å². The van der Waals surface area contributed by atoms with Gasteiger partial charge in [-0.05, 0) is 77.2 Å². The van der Waals surface area contributed by atoms with Crippen LogP contribution in [-0.2, 0) is 12.8 Å². The molecule has 1 aliphatic carbocycles. The normalized spacial score (nSPS) is 19.6. The van der Waals surface area contributed by atoms with E-state index in [1.807, 2.05) is 11.3 Å². The third-order valence-electron chi connectivity index (χ3n) is 4.37. The van der Waals surface area contributed by atoms with Crippen molar-refractivity contribution in [2.45, 2.75) is 37.6 Å². The number of hydrogen-bond acceptors (Lipinski definition) is 2. The zero-order valence-electron chi connectivity index (χ0n) is 11.7. The van der Waals surface area contributed by atoms with Crippen molar-refractivity contribution in [1.82, 2.24) is 5.32 Å². The number of halogens is 1. The predicted molar refractivity (Wildman–Crippen MR) is 90.7 cm³/mol. The van der Waals surface area contributed by atoms with Crippen molar-refractivity contribution in [3.05, 3.63) is 56.2 Å². The first kappa shape index (κ1) is 14.3. The predicted octanol–water partition coefficient (Wildman–Crippen LogP) is 4.76. The van der Waals surface area contributed by atoms with E-state index in [9.17, 15) is 0 Å². The van der Waals surface area contributed by atoms with Gasteiger partial charge in [0.2, 0.25) is 0 Å². The first-order valence-corrected chi connectivity index (χ1v) is 8.94. The maximum Gasteiger partial charge on any atom is 0.0314 e. The van der Waals surface area contributed by atoms with Crippen molar-refractivity contribution < 1.29 is 0 Å². The molecule has 1 N–H and O–H groups in total. The average Bonchev–Trinajstić information content (AvgIpc) is 2.89. The molecule has 1 nitrogen and oxygen atoms in total. The quantitative estimate of drug-likeness (QED) is 0.838. The fourth-order valence-electron chi connectivity index (χ4n) is 3.33. The fourth-order valence-corrected chi connectivity index (χ4v) is 4.90. The Bertz CT molecular complexity index is 578. The highest BCUT2D eigenvalue weighted by atomic mass is 79.9. The van der Waals surface area contributed by atoms with Gasteiger partial charge in [0.1, 0.15) is 0 Å². The van der Waals surface area contributed by atoms with E-state index in [0.29, 0.717) is 12.0 Å². The van der Waals surface area contributed by atoms with Crippen molar-refractivity contribution in [3.8, 4) is 0 Å². The van der Waals surface area contributed by atoms with Crippen LogP contribution in [0, 0.1) is 0 Å². The molecule has 0 fully saturated rings. The van der Waals surface area contributed by atoms with E-state index in [2.05, 4.69) is 64.0 Å². The zero-order valence-corrected chi connectivity index (χ0v) is 14.1. The van der Waals surface area contributed by atoms with Crippen molar-refractivity contribution in [3.63, 3.8) is 0 Å². The zero-order chi connectivity index (χ0) is 13.9. The summed E-state index contributed by atoms with van der Waals surface area (Å²) < 4.78 is 1.26. The molecular formula is C17H20BrNS. The molecule has 2 aromatic rings. The van der Waals surface area contributed by atoms with Crippen LogP contribution in [0.1, 0.15) is 34.8 Å². The number of rotatable bonds is 4. The number of hydrogen-bond donors (Lipinski definition) is 1. The maximum absolute atomic E-state index is 3.66. The number of fused-ring (bicyclic) bond motifs is 1. The lowest BCUT2D eigenvalue weighted by Gasteiger charge is -2.32. The first-order valence-electron chi connectivity index (χ1n) is 7.26.